The van der Waals surface area contributed by atoms with Gasteiger partial charge in [0.15, 0.2) is 0 Å². The summed E-state index contributed by atoms with van der Waals surface area (Å²) < 4.78 is 78.8. The molecule has 0 saturated carbocycles. The van der Waals surface area contributed by atoms with Crippen LogP contribution in [0, 0.1) is 0 Å². The molecule has 0 heterocycles. The van der Waals surface area contributed by atoms with Gasteiger partial charge in [0.05, 0.1) is 12.3 Å². The van der Waals surface area contributed by atoms with E-state index in [1.807, 2.05) is 91.0 Å². The Balaban J connectivity index is 1.15. The van der Waals surface area contributed by atoms with Gasteiger partial charge in [0.25, 0.3) is 0 Å². The Kier molecular flexibility index (Phi) is 6.36. The summed E-state index contributed by atoms with van der Waals surface area (Å²) >= 11 is 0. The first-order chi connectivity index (χ1) is 30.0. The van der Waals surface area contributed by atoms with Crippen molar-refractivity contribution in [3.8, 4) is 55.6 Å². The van der Waals surface area contributed by atoms with E-state index in [1.165, 1.54) is 0 Å². The van der Waals surface area contributed by atoms with Gasteiger partial charge in [-0.2, -0.15) is 0 Å². The Hall–Kier alpha value is -6.96. The molecule has 0 amide bonds. The van der Waals surface area contributed by atoms with Crippen LogP contribution >= 0.6 is 0 Å². The van der Waals surface area contributed by atoms with Crippen molar-refractivity contribution in [3.05, 3.63) is 224 Å². The third-order valence-corrected chi connectivity index (χ3v) is 9.46. The Morgan fingerprint density at radius 1 is 0.302 bits per heavy atom. The predicted molar refractivity (Wildman–Crippen MR) is 226 cm³/mol. The highest BCUT2D eigenvalue weighted by molar-refractivity contribution is 5.97. The van der Waals surface area contributed by atoms with E-state index in [2.05, 4.69) is 78.9 Å². The molecule has 0 atom stereocenters. The van der Waals surface area contributed by atoms with Gasteiger partial charge in [-0.05, 0) is 109 Å². The molecule has 1 heteroatoms. The molecule has 9 aromatic rings. The number of hydrogen-bond donors (Lipinski definition) is 0. The van der Waals surface area contributed by atoms with Crippen molar-refractivity contribution >= 4 is 27.8 Å². The average Bonchev–Trinajstić information content (AvgIpc) is 3.32. The van der Waals surface area contributed by atoms with Gasteiger partial charge in [-0.1, -0.05) is 182 Å². The molecule has 9 aromatic carbocycles. The Morgan fingerprint density at radius 3 is 1.43 bits per heavy atom. The van der Waals surface area contributed by atoms with Crippen molar-refractivity contribution in [2.24, 2.45) is 0 Å². The van der Waals surface area contributed by atoms with Crippen LogP contribution < -0.4 is 4.90 Å². The quantitative estimate of drug-likeness (QED) is 0.154. The van der Waals surface area contributed by atoms with E-state index >= 15 is 0 Å². The number of anilines is 3. The fourth-order valence-corrected chi connectivity index (χ4v) is 6.76. The highest BCUT2D eigenvalue weighted by atomic mass is 15.1. The van der Waals surface area contributed by atoms with Gasteiger partial charge >= 0.3 is 0 Å². The number of fused-ring (bicyclic) bond motifs is 1. The molecule has 0 radical (unpaired) electrons. The number of nitrogens with zero attached hydrogens (tertiary/aromatic N) is 1. The van der Waals surface area contributed by atoms with Crippen molar-refractivity contribution in [2.45, 2.75) is 0 Å². The zero-order valence-corrected chi connectivity index (χ0v) is 28.6. The molecular weight excluding hydrogens is 639 g/mol. The molecule has 0 N–H and O–H groups in total. The molecule has 0 aliphatic carbocycles. The third kappa shape index (κ3) is 6.65. The van der Waals surface area contributed by atoms with Gasteiger partial charge in [-0.25, -0.2) is 0 Å². The van der Waals surface area contributed by atoms with Crippen molar-refractivity contribution in [1.82, 2.24) is 0 Å². The molecule has 53 heavy (non-hydrogen) atoms. The molecule has 0 unspecified atom stereocenters. The van der Waals surface area contributed by atoms with Gasteiger partial charge in [-0.15, -0.1) is 0 Å². The smallest absolute Gasteiger partial charge is 0.0645 e. The van der Waals surface area contributed by atoms with Crippen LogP contribution in [0.2, 0.25) is 0 Å². The zero-order valence-electron chi connectivity index (χ0n) is 37.6. The SMILES string of the molecule is [2H]c1c([2H])c([2H])c(-c2c([2H])c([2H])c(N(c3ccc(-c4ccc(-c5ccccc5)cc4)cc3)c3ccc(-c4cccc(-c5cccc6ccccc56)c4)cc3)c([2H])c2[2H])c([2H])c1[2H]. The van der Waals surface area contributed by atoms with Crippen LogP contribution in [0.4, 0.5) is 17.1 Å². The molecular formula is C52H37N. The summed E-state index contributed by atoms with van der Waals surface area (Å²) in [5, 5.41) is 2.32. The van der Waals surface area contributed by atoms with Gasteiger partial charge in [0.1, 0.15) is 0 Å². The van der Waals surface area contributed by atoms with Crippen LogP contribution in [0.25, 0.3) is 66.4 Å². The molecule has 1 nitrogen and oxygen atoms in total. The van der Waals surface area contributed by atoms with Crippen LogP contribution in [0.1, 0.15) is 12.3 Å². The van der Waals surface area contributed by atoms with E-state index in [1.54, 1.807) is 4.90 Å². The lowest BCUT2D eigenvalue weighted by atomic mass is 9.95. The van der Waals surface area contributed by atoms with Crippen LogP contribution in [-0.2, 0) is 0 Å². The first-order valence-corrected chi connectivity index (χ1v) is 17.4. The van der Waals surface area contributed by atoms with Crippen molar-refractivity contribution in [3.63, 3.8) is 0 Å². The van der Waals surface area contributed by atoms with Crippen molar-refractivity contribution in [2.75, 3.05) is 4.90 Å². The third-order valence-electron chi connectivity index (χ3n) is 9.46. The van der Waals surface area contributed by atoms with E-state index in [-0.39, 0.29) is 16.8 Å². The molecule has 0 fully saturated rings. The fraction of sp³-hybridized carbons (Fsp3) is 0. The minimum absolute atomic E-state index is 0.0539. The van der Waals surface area contributed by atoms with E-state index in [0.717, 1.165) is 55.3 Å². The molecule has 0 spiro atoms. The summed E-state index contributed by atoms with van der Waals surface area (Å²) in [4.78, 5) is 1.67. The molecule has 0 saturated heterocycles. The largest absolute Gasteiger partial charge is 0.311 e. The summed E-state index contributed by atoms with van der Waals surface area (Å²) in [5.41, 5.74) is 8.58. The lowest BCUT2D eigenvalue weighted by Crippen LogP contribution is -2.09. The summed E-state index contributed by atoms with van der Waals surface area (Å²) in [6.45, 7) is 0. The van der Waals surface area contributed by atoms with E-state index in [9.17, 15) is 5.48 Å². The van der Waals surface area contributed by atoms with Crippen LogP contribution in [0.5, 0.6) is 0 Å². The maximum atomic E-state index is 9.36. The van der Waals surface area contributed by atoms with Gasteiger partial charge in [0, 0.05) is 17.1 Å². The highest BCUT2D eigenvalue weighted by Crippen LogP contribution is 2.39. The average molecular weight is 685 g/mol. The van der Waals surface area contributed by atoms with E-state index in [0.29, 0.717) is 11.4 Å². The lowest BCUT2D eigenvalue weighted by Gasteiger charge is -2.26. The normalized spacial score (nSPS) is 13.4. The Morgan fingerprint density at radius 2 is 0.774 bits per heavy atom. The summed E-state index contributed by atoms with van der Waals surface area (Å²) in [5.74, 6) is 0. The Labute approximate surface area is 324 Å². The first-order valence-electron chi connectivity index (χ1n) is 21.9. The van der Waals surface area contributed by atoms with Gasteiger partial charge in [-0.3, -0.25) is 0 Å². The molecule has 0 aliphatic heterocycles. The second kappa shape index (κ2) is 14.3. The second-order valence-corrected chi connectivity index (χ2v) is 12.7. The number of hydrogen-bond acceptors (Lipinski definition) is 1. The molecule has 250 valence electrons. The molecule has 0 aliphatic rings. The van der Waals surface area contributed by atoms with Gasteiger partial charge < -0.3 is 4.90 Å². The predicted octanol–water partition coefficient (Wildman–Crippen LogP) is 14.6. The maximum absolute atomic E-state index is 9.36. The van der Waals surface area contributed by atoms with Crippen LogP contribution in [0.15, 0.2) is 224 Å². The van der Waals surface area contributed by atoms with Crippen molar-refractivity contribution in [1.29, 1.82) is 0 Å². The summed E-state index contributed by atoms with van der Waals surface area (Å²) in [6.07, 6.45) is 0. The van der Waals surface area contributed by atoms with E-state index < -0.39 is 54.4 Å². The maximum Gasteiger partial charge on any atom is 0.0645 e. The topological polar surface area (TPSA) is 3.24 Å². The Bertz CT molecular complexity index is 3090. The molecule has 9 rings (SSSR count). The standard InChI is InChI=1S/C52H37N/c1-3-11-38(12-4-1)40-21-23-41(24-22-40)43-27-33-49(34-28-43)53(48-31-25-42(26-32-48)39-13-5-2-6-14-39)50-35-29-44(30-36-50)46-17-9-18-47(37-46)52-20-10-16-45-15-7-8-19-51(45)52/h1-37H/i2D,5D,6D,13D,14D,25D,26D,31D,32D. The monoisotopic (exact) mass is 684 g/mol. The lowest BCUT2D eigenvalue weighted by molar-refractivity contribution is 1.28. The number of benzene rings is 9. The fourth-order valence-electron chi connectivity index (χ4n) is 6.76. The van der Waals surface area contributed by atoms with Crippen molar-refractivity contribution < 1.29 is 12.3 Å². The van der Waals surface area contributed by atoms with E-state index in [4.69, 9.17) is 6.85 Å². The summed E-state index contributed by atoms with van der Waals surface area (Å²) in [7, 11) is 0. The molecule has 0 bridgehead atoms. The zero-order chi connectivity index (χ0) is 43.2. The summed E-state index contributed by atoms with van der Waals surface area (Å²) in [6, 6.07) is 51.7. The minimum Gasteiger partial charge on any atom is -0.311 e. The second-order valence-electron chi connectivity index (χ2n) is 12.7. The number of rotatable bonds is 8. The van der Waals surface area contributed by atoms with Gasteiger partial charge in [0.2, 0.25) is 0 Å². The highest BCUT2D eigenvalue weighted by Gasteiger charge is 2.14. The van der Waals surface area contributed by atoms with Crippen LogP contribution in [-0.4, -0.2) is 0 Å². The minimum atomic E-state index is -0.624. The van der Waals surface area contributed by atoms with Crippen LogP contribution in [0.3, 0.4) is 0 Å². The first kappa shape index (κ1) is 23.5. The molecule has 0 aromatic heterocycles.